The minimum absolute atomic E-state index is 0.508. The third kappa shape index (κ3) is 2.20. The zero-order valence-electron chi connectivity index (χ0n) is 11.9. The van der Waals surface area contributed by atoms with Gasteiger partial charge < -0.3 is 4.57 Å². The quantitative estimate of drug-likeness (QED) is 0.711. The number of hydrogen-bond donors (Lipinski definition) is 0. The molecule has 106 valence electrons. The molecule has 0 aliphatic heterocycles. The predicted molar refractivity (Wildman–Crippen MR) is 82.9 cm³/mol. The number of hydrogen-bond acceptors (Lipinski definition) is 3. The van der Waals surface area contributed by atoms with Crippen LogP contribution in [0.2, 0.25) is 0 Å². The highest BCUT2D eigenvalue weighted by molar-refractivity contribution is 5.77. The van der Waals surface area contributed by atoms with Crippen LogP contribution < -0.4 is 0 Å². The van der Waals surface area contributed by atoms with Gasteiger partial charge in [0.2, 0.25) is 0 Å². The van der Waals surface area contributed by atoms with Crippen LogP contribution in [-0.4, -0.2) is 19.5 Å². The number of fused-ring (bicyclic) bond motifs is 1. The van der Waals surface area contributed by atoms with Crippen LogP contribution in [0.5, 0.6) is 0 Å². The molecule has 0 spiro atoms. The molecule has 0 N–H and O–H groups in total. The van der Waals surface area contributed by atoms with Crippen molar-refractivity contribution in [3.8, 4) is 11.4 Å². The van der Waals surface area contributed by atoms with Crippen LogP contribution in [0.1, 0.15) is 38.1 Å². The van der Waals surface area contributed by atoms with E-state index in [1.54, 1.807) is 6.20 Å². The molecular formula is C17H18N4. The Morgan fingerprint density at radius 1 is 1.00 bits per heavy atom. The lowest BCUT2D eigenvalue weighted by molar-refractivity contribution is 0.361. The zero-order valence-corrected chi connectivity index (χ0v) is 11.9. The van der Waals surface area contributed by atoms with Crippen molar-refractivity contribution in [2.45, 2.75) is 38.1 Å². The summed E-state index contributed by atoms with van der Waals surface area (Å²) in [4.78, 5) is 13.6. The lowest BCUT2D eigenvalue weighted by atomic mass is 9.95. The van der Waals surface area contributed by atoms with E-state index in [1.807, 2.05) is 30.6 Å². The van der Waals surface area contributed by atoms with Gasteiger partial charge in [0.1, 0.15) is 11.3 Å². The number of rotatable bonds is 2. The molecule has 4 rings (SSSR count). The molecule has 0 bridgehead atoms. The monoisotopic (exact) mass is 278 g/mol. The van der Waals surface area contributed by atoms with E-state index in [4.69, 9.17) is 4.98 Å². The van der Waals surface area contributed by atoms with E-state index in [1.165, 1.54) is 32.1 Å². The average Bonchev–Trinajstić information content (AvgIpc) is 2.96. The zero-order chi connectivity index (χ0) is 14.1. The van der Waals surface area contributed by atoms with Crippen LogP contribution in [0.3, 0.4) is 0 Å². The molecule has 4 heteroatoms. The summed E-state index contributed by atoms with van der Waals surface area (Å²) in [6, 6.07) is 8.55. The summed E-state index contributed by atoms with van der Waals surface area (Å²) in [6.07, 6.45) is 11.9. The van der Waals surface area contributed by atoms with Gasteiger partial charge in [0.05, 0.1) is 0 Å². The molecule has 3 heterocycles. The molecule has 0 amide bonds. The third-order valence-electron chi connectivity index (χ3n) is 4.31. The van der Waals surface area contributed by atoms with Crippen molar-refractivity contribution >= 4 is 11.2 Å². The Balaban J connectivity index is 1.92. The SMILES string of the molecule is c1cncc(-c2nc3cccnc3n2C2CCCCC2)c1. The summed E-state index contributed by atoms with van der Waals surface area (Å²) in [5, 5.41) is 0. The van der Waals surface area contributed by atoms with E-state index in [9.17, 15) is 0 Å². The summed E-state index contributed by atoms with van der Waals surface area (Å²) in [5.41, 5.74) is 3.05. The maximum absolute atomic E-state index is 4.82. The first-order valence-electron chi connectivity index (χ1n) is 7.67. The molecule has 1 aliphatic carbocycles. The van der Waals surface area contributed by atoms with Crippen molar-refractivity contribution in [2.75, 3.05) is 0 Å². The van der Waals surface area contributed by atoms with Gasteiger partial charge in [0.15, 0.2) is 5.65 Å². The van der Waals surface area contributed by atoms with Gasteiger partial charge in [-0.1, -0.05) is 19.3 Å². The molecule has 4 nitrogen and oxygen atoms in total. The van der Waals surface area contributed by atoms with Crippen molar-refractivity contribution in [2.24, 2.45) is 0 Å². The number of pyridine rings is 2. The summed E-state index contributed by atoms with van der Waals surface area (Å²) in [5.74, 6) is 1.00. The average molecular weight is 278 g/mol. The van der Waals surface area contributed by atoms with Gasteiger partial charge in [0, 0.05) is 30.2 Å². The first kappa shape index (κ1) is 12.5. The van der Waals surface area contributed by atoms with Gasteiger partial charge in [-0.2, -0.15) is 0 Å². The summed E-state index contributed by atoms with van der Waals surface area (Å²) in [7, 11) is 0. The van der Waals surface area contributed by atoms with Crippen LogP contribution in [-0.2, 0) is 0 Å². The Bertz CT molecular complexity index is 742. The van der Waals surface area contributed by atoms with Crippen molar-refractivity contribution in [3.63, 3.8) is 0 Å². The molecule has 0 unspecified atom stereocenters. The van der Waals surface area contributed by atoms with Gasteiger partial charge in [-0.3, -0.25) is 4.98 Å². The molecule has 1 aliphatic rings. The second kappa shape index (κ2) is 5.28. The molecule has 3 aromatic heterocycles. The Kier molecular flexibility index (Phi) is 3.14. The number of nitrogens with zero attached hydrogens (tertiary/aromatic N) is 4. The second-order valence-corrected chi connectivity index (χ2v) is 5.69. The van der Waals surface area contributed by atoms with Gasteiger partial charge in [-0.15, -0.1) is 0 Å². The fraction of sp³-hybridized carbons (Fsp3) is 0.353. The van der Waals surface area contributed by atoms with E-state index in [2.05, 4.69) is 20.6 Å². The molecule has 0 radical (unpaired) electrons. The van der Waals surface area contributed by atoms with Crippen LogP contribution in [0.25, 0.3) is 22.6 Å². The highest BCUT2D eigenvalue weighted by Gasteiger charge is 2.22. The Morgan fingerprint density at radius 2 is 1.86 bits per heavy atom. The molecule has 0 atom stereocenters. The molecule has 21 heavy (non-hydrogen) atoms. The van der Waals surface area contributed by atoms with Crippen molar-refractivity contribution in [3.05, 3.63) is 42.9 Å². The highest BCUT2D eigenvalue weighted by atomic mass is 15.2. The topological polar surface area (TPSA) is 43.6 Å². The first-order chi connectivity index (χ1) is 10.4. The molecular weight excluding hydrogens is 260 g/mol. The number of aromatic nitrogens is 4. The van der Waals surface area contributed by atoms with E-state index in [-0.39, 0.29) is 0 Å². The minimum Gasteiger partial charge on any atom is -0.306 e. The predicted octanol–water partition coefficient (Wildman–Crippen LogP) is 4.00. The molecule has 0 saturated heterocycles. The highest BCUT2D eigenvalue weighted by Crippen LogP contribution is 2.34. The second-order valence-electron chi connectivity index (χ2n) is 5.69. The Hall–Kier alpha value is -2.23. The molecule has 0 aromatic carbocycles. The van der Waals surface area contributed by atoms with E-state index >= 15 is 0 Å². The van der Waals surface area contributed by atoms with Crippen molar-refractivity contribution in [1.29, 1.82) is 0 Å². The van der Waals surface area contributed by atoms with E-state index in [0.717, 1.165) is 22.6 Å². The third-order valence-corrected chi connectivity index (χ3v) is 4.31. The Labute approximate surface area is 123 Å². The van der Waals surface area contributed by atoms with E-state index < -0.39 is 0 Å². The lowest BCUT2D eigenvalue weighted by Gasteiger charge is -2.25. The van der Waals surface area contributed by atoms with Crippen molar-refractivity contribution < 1.29 is 0 Å². The van der Waals surface area contributed by atoms with Crippen LogP contribution >= 0.6 is 0 Å². The smallest absolute Gasteiger partial charge is 0.160 e. The minimum atomic E-state index is 0.508. The first-order valence-corrected chi connectivity index (χ1v) is 7.67. The van der Waals surface area contributed by atoms with Crippen LogP contribution in [0.15, 0.2) is 42.9 Å². The van der Waals surface area contributed by atoms with Gasteiger partial charge in [-0.25, -0.2) is 9.97 Å². The molecule has 1 fully saturated rings. The van der Waals surface area contributed by atoms with Gasteiger partial charge >= 0.3 is 0 Å². The van der Waals surface area contributed by atoms with Gasteiger partial charge in [0.25, 0.3) is 0 Å². The number of imidazole rings is 1. The maximum Gasteiger partial charge on any atom is 0.160 e. The fourth-order valence-electron chi connectivity index (χ4n) is 3.31. The van der Waals surface area contributed by atoms with Gasteiger partial charge in [-0.05, 0) is 37.1 Å². The largest absolute Gasteiger partial charge is 0.306 e. The summed E-state index contributed by atoms with van der Waals surface area (Å²) >= 11 is 0. The molecule has 3 aromatic rings. The summed E-state index contributed by atoms with van der Waals surface area (Å²) < 4.78 is 2.34. The molecule has 1 saturated carbocycles. The lowest BCUT2D eigenvalue weighted by Crippen LogP contribution is -2.14. The maximum atomic E-state index is 4.82. The van der Waals surface area contributed by atoms with Crippen molar-refractivity contribution in [1.82, 2.24) is 19.5 Å². The fourth-order valence-corrected chi connectivity index (χ4v) is 3.31. The van der Waals surface area contributed by atoms with Crippen LogP contribution in [0.4, 0.5) is 0 Å². The summed E-state index contributed by atoms with van der Waals surface area (Å²) in [6.45, 7) is 0. The standard InChI is InChI=1S/C17H18N4/c1-2-7-14(8-3-1)21-16(13-6-4-10-18-12-13)20-15-9-5-11-19-17(15)21/h4-6,9-12,14H,1-3,7-8H2. The van der Waals surface area contributed by atoms with Crippen LogP contribution in [0, 0.1) is 0 Å². The van der Waals surface area contributed by atoms with E-state index in [0.29, 0.717) is 6.04 Å². The normalized spacial score (nSPS) is 16.4. The Morgan fingerprint density at radius 3 is 2.67 bits per heavy atom.